The first-order valence-corrected chi connectivity index (χ1v) is 11.8. The highest BCUT2D eigenvalue weighted by Crippen LogP contribution is 2.45. The molecule has 1 aromatic heterocycles. The number of hydrogen-bond acceptors (Lipinski definition) is 6. The van der Waals surface area contributed by atoms with Gasteiger partial charge in [-0.25, -0.2) is 4.98 Å². The van der Waals surface area contributed by atoms with Gasteiger partial charge in [0.1, 0.15) is 12.2 Å². The third kappa shape index (κ3) is 5.00. The van der Waals surface area contributed by atoms with Crippen LogP contribution in [0.2, 0.25) is 5.02 Å². The van der Waals surface area contributed by atoms with Crippen LogP contribution in [0.1, 0.15) is 39.0 Å². The first-order chi connectivity index (χ1) is 16.5. The fourth-order valence-corrected chi connectivity index (χ4v) is 4.54. The highest BCUT2D eigenvalue weighted by atomic mass is 35.5. The van der Waals surface area contributed by atoms with Crippen molar-refractivity contribution in [3.8, 4) is 5.88 Å². The van der Waals surface area contributed by atoms with Gasteiger partial charge in [-0.05, 0) is 47.9 Å². The molecular formula is C26H27ClN4O3. The van der Waals surface area contributed by atoms with Crippen molar-refractivity contribution in [2.45, 2.75) is 33.1 Å². The van der Waals surface area contributed by atoms with Gasteiger partial charge in [-0.1, -0.05) is 53.6 Å². The fraction of sp³-hybridized carbons (Fsp3) is 0.346. The van der Waals surface area contributed by atoms with Crippen molar-refractivity contribution in [1.29, 1.82) is 0 Å². The van der Waals surface area contributed by atoms with Crippen molar-refractivity contribution in [2.24, 2.45) is 11.8 Å². The summed E-state index contributed by atoms with van der Waals surface area (Å²) in [4.78, 5) is 24.3. The van der Waals surface area contributed by atoms with Gasteiger partial charge in [0.2, 0.25) is 11.8 Å². The van der Waals surface area contributed by atoms with E-state index in [0.29, 0.717) is 28.6 Å². The molecule has 1 amide bonds. The number of nitrogens with one attached hydrogen (secondary N) is 1. The summed E-state index contributed by atoms with van der Waals surface area (Å²) in [6.45, 7) is 4.37. The van der Waals surface area contributed by atoms with Gasteiger partial charge in [-0.2, -0.15) is 4.98 Å². The lowest BCUT2D eigenvalue weighted by atomic mass is 10.1. The van der Waals surface area contributed by atoms with Crippen molar-refractivity contribution in [3.05, 3.63) is 81.5 Å². The lowest BCUT2D eigenvalue weighted by Gasteiger charge is -2.19. The Labute approximate surface area is 203 Å². The smallest absolute Gasteiger partial charge is 0.258 e. The third-order valence-electron chi connectivity index (χ3n) is 6.48. The van der Waals surface area contributed by atoms with Crippen LogP contribution in [0.5, 0.6) is 5.88 Å². The van der Waals surface area contributed by atoms with E-state index in [1.54, 1.807) is 18.3 Å². The molecule has 34 heavy (non-hydrogen) atoms. The van der Waals surface area contributed by atoms with E-state index in [2.05, 4.69) is 20.2 Å². The van der Waals surface area contributed by atoms with Gasteiger partial charge in [0.25, 0.3) is 5.91 Å². The summed E-state index contributed by atoms with van der Waals surface area (Å²) in [6, 6.07) is 13.4. The maximum atomic E-state index is 13.0. The highest BCUT2D eigenvalue weighted by Gasteiger charge is 2.46. The van der Waals surface area contributed by atoms with Crippen molar-refractivity contribution in [1.82, 2.24) is 15.3 Å². The van der Waals surface area contributed by atoms with Crippen LogP contribution in [0.4, 0.5) is 5.95 Å². The third-order valence-corrected chi connectivity index (χ3v) is 6.84. The largest absolute Gasteiger partial charge is 0.472 e. The predicted molar refractivity (Wildman–Crippen MR) is 130 cm³/mol. The molecule has 2 aliphatic rings. The number of halogens is 1. The Morgan fingerprint density at radius 1 is 1.18 bits per heavy atom. The number of benzene rings is 2. The quantitative estimate of drug-likeness (QED) is 0.510. The van der Waals surface area contributed by atoms with Crippen molar-refractivity contribution >= 4 is 23.5 Å². The standard InChI is InChI=1S/C26H27ClN4O3/c1-16-2-4-17(5-3-16)10-28-24(33)22-11-29-26(31-12-20-9-21(20)13-31)30-25(22)34-15-18-6-7-19(14-32)23(27)8-18/h2-8,11,20-21,32H,9-10,12-15H2,1H3,(H,28,33). The van der Waals surface area contributed by atoms with E-state index in [9.17, 15) is 9.90 Å². The van der Waals surface area contributed by atoms with E-state index in [4.69, 9.17) is 16.3 Å². The molecule has 3 aromatic rings. The summed E-state index contributed by atoms with van der Waals surface area (Å²) in [6.07, 6.45) is 2.83. The van der Waals surface area contributed by atoms with E-state index in [1.807, 2.05) is 37.3 Å². The molecule has 5 rings (SSSR count). The van der Waals surface area contributed by atoms with Crippen molar-refractivity contribution in [3.63, 3.8) is 0 Å². The molecular weight excluding hydrogens is 452 g/mol. The number of piperidine rings is 1. The number of nitrogens with zero attached hydrogens (tertiary/aromatic N) is 3. The number of aromatic nitrogens is 2. The van der Waals surface area contributed by atoms with Crippen molar-refractivity contribution in [2.75, 3.05) is 18.0 Å². The van der Waals surface area contributed by atoms with Crippen LogP contribution >= 0.6 is 11.6 Å². The zero-order chi connectivity index (χ0) is 23.7. The SMILES string of the molecule is Cc1ccc(CNC(=O)c2cnc(N3CC4CC4C3)nc2OCc2ccc(CO)c(Cl)c2)cc1. The topological polar surface area (TPSA) is 87.6 Å². The van der Waals surface area contributed by atoms with Crippen LogP contribution in [0.15, 0.2) is 48.7 Å². The monoisotopic (exact) mass is 478 g/mol. The number of ether oxygens (including phenoxy) is 1. The maximum Gasteiger partial charge on any atom is 0.258 e. The predicted octanol–water partition coefficient (Wildman–Crippen LogP) is 3.90. The number of carbonyl (C=O) groups is 1. The summed E-state index contributed by atoms with van der Waals surface area (Å²) >= 11 is 6.22. The van der Waals surface area contributed by atoms with Crippen LogP contribution in [0.3, 0.4) is 0 Å². The molecule has 0 radical (unpaired) electrons. The van der Waals surface area contributed by atoms with Gasteiger partial charge in [0, 0.05) is 30.9 Å². The molecule has 176 valence electrons. The van der Waals surface area contributed by atoms with Gasteiger partial charge >= 0.3 is 0 Å². The number of rotatable bonds is 8. The normalized spacial score (nSPS) is 18.5. The van der Waals surface area contributed by atoms with Gasteiger partial charge in [0.15, 0.2) is 0 Å². The minimum Gasteiger partial charge on any atom is -0.472 e. The Morgan fingerprint density at radius 2 is 1.91 bits per heavy atom. The number of anilines is 1. The highest BCUT2D eigenvalue weighted by molar-refractivity contribution is 6.31. The van der Waals surface area contributed by atoms with Gasteiger partial charge < -0.3 is 20.1 Å². The minimum absolute atomic E-state index is 0.127. The molecule has 0 bridgehead atoms. The number of aliphatic hydroxyl groups is 1. The lowest BCUT2D eigenvalue weighted by Crippen LogP contribution is -2.27. The number of carbonyl (C=O) groups excluding carboxylic acids is 1. The van der Waals surface area contributed by atoms with Gasteiger partial charge in [0.05, 0.1) is 6.61 Å². The fourth-order valence-electron chi connectivity index (χ4n) is 4.28. The van der Waals surface area contributed by atoms with Crippen LogP contribution in [-0.4, -0.2) is 34.1 Å². The summed E-state index contributed by atoms with van der Waals surface area (Å²) in [5, 5.41) is 12.7. The van der Waals surface area contributed by atoms with E-state index in [1.165, 1.54) is 12.0 Å². The number of aliphatic hydroxyl groups excluding tert-OH is 1. The van der Waals surface area contributed by atoms with Gasteiger partial charge in [-0.15, -0.1) is 0 Å². The molecule has 2 aromatic carbocycles. The Hall–Kier alpha value is -3.16. The Balaban J connectivity index is 1.34. The summed E-state index contributed by atoms with van der Waals surface area (Å²) in [5.41, 5.74) is 3.93. The minimum atomic E-state index is -0.292. The summed E-state index contributed by atoms with van der Waals surface area (Å²) in [5.74, 6) is 2.01. The molecule has 2 N–H and O–H groups in total. The first-order valence-electron chi connectivity index (χ1n) is 11.5. The molecule has 2 heterocycles. The number of aryl methyl sites for hydroxylation is 1. The van der Waals surface area contributed by atoms with Gasteiger partial charge in [-0.3, -0.25) is 4.79 Å². The van der Waals surface area contributed by atoms with Crippen LogP contribution < -0.4 is 15.0 Å². The number of amides is 1. The second-order valence-electron chi connectivity index (χ2n) is 9.09. The summed E-state index contributed by atoms with van der Waals surface area (Å²) < 4.78 is 6.02. The average molecular weight is 479 g/mol. The first kappa shape index (κ1) is 22.6. The molecule has 1 aliphatic heterocycles. The van der Waals surface area contributed by atoms with Crippen LogP contribution in [-0.2, 0) is 19.8 Å². The second kappa shape index (κ2) is 9.60. The molecule has 1 saturated heterocycles. The molecule has 0 spiro atoms. The zero-order valence-electron chi connectivity index (χ0n) is 19.0. The average Bonchev–Trinajstić information content (AvgIpc) is 3.46. The molecule has 7 nitrogen and oxygen atoms in total. The summed E-state index contributed by atoms with van der Waals surface area (Å²) in [7, 11) is 0. The number of hydrogen-bond donors (Lipinski definition) is 2. The van der Waals surface area contributed by atoms with E-state index in [-0.39, 0.29) is 25.0 Å². The molecule has 1 aliphatic carbocycles. The maximum absolute atomic E-state index is 13.0. The van der Waals surface area contributed by atoms with Crippen molar-refractivity contribution < 1.29 is 14.6 Å². The zero-order valence-corrected chi connectivity index (χ0v) is 19.8. The van der Waals surface area contributed by atoms with E-state index >= 15 is 0 Å². The van der Waals surface area contributed by atoms with Crippen LogP contribution in [0.25, 0.3) is 0 Å². The van der Waals surface area contributed by atoms with E-state index in [0.717, 1.165) is 36.1 Å². The molecule has 2 atom stereocenters. The van der Waals surface area contributed by atoms with Crippen LogP contribution in [0, 0.1) is 18.8 Å². The Morgan fingerprint density at radius 3 is 2.62 bits per heavy atom. The number of fused-ring (bicyclic) bond motifs is 1. The Bertz CT molecular complexity index is 1190. The molecule has 1 saturated carbocycles. The molecule has 2 unspecified atom stereocenters. The van der Waals surface area contributed by atoms with E-state index < -0.39 is 0 Å². The lowest BCUT2D eigenvalue weighted by molar-refractivity contribution is 0.0945. The second-order valence-corrected chi connectivity index (χ2v) is 9.50. The molecule has 8 heteroatoms. The Kier molecular flexibility index (Phi) is 6.39. The molecule has 2 fully saturated rings.